The first-order valence-corrected chi connectivity index (χ1v) is 16.9. The molecule has 0 bridgehead atoms. The number of rotatable bonds is 6. The van der Waals surface area contributed by atoms with Gasteiger partial charge in [0, 0.05) is 52.9 Å². The second-order valence-electron chi connectivity index (χ2n) is 12.4. The molecule has 0 atom stereocenters. The summed E-state index contributed by atoms with van der Waals surface area (Å²) in [7, 11) is 0. The Bertz CT molecular complexity index is 3350. The van der Waals surface area contributed by atoms with Gasteiger partial charge in [-0.3, -0.25) is 18.4 Å². The van der Waals surface area contributed by atoms with E-state index >= 15 is 0 Å². The highest BCUT2D eigenvalue weighted by atomic mass is 32.2. The van der Waals surface area contributed by atoms with Crippen LogP contribution in [0.3, 0.4) is 0 Å². The lowest BCUT2D eigenvalue weighted by Crippen LogP contribution is -2.14. The predicted octanol–water partition coefficient (Wildman–Crippen LogP) is 8.28. The minimum absolute atomic E-state index is 0.258. The van der Waals surface area contributed by atoms with E-state index in [2.05, 4.69) is 30.9 Å². The number of hydrogen-bond donors (Lipinski definition) is 2. The SMILES string of the molecule is O=c1c2cc3oc4cc5c(=O)n6c7cc(SOOO)ccc7nc6c6ccc7c8ccc(c2c8c3c4c7c56)c2nc3ccc(SOOO)cc3n12. The molecule has 0 saturated heterocycles. The average molecular weight is 711 g/mol. The van der Waals surface area contributed by atoms with Gasteiger partial charge in [-0.25, -0.2) is 20.5 Å². The minimum Gasteiger partial charge on any atom is -0.456 e. The van der Waals surface area contributed by atoms with Gasteiger partial charge in [-0.15, -0.1) is 8.67 Å². The van der Waals surface area contributed by atoms with Crippen molar-refractivity contribution in [3.8, 4) is 0 Å². The summed E-state index contributed by atoms with van der Waals surface area (Å²) in [4.78, 5) is 39.9. The Balaban J connectivity index is 1.24. The van der Waals surface area contributed by atoms with Crippen molar-refractivity contribution in [2.24, 2.45) is 0 Å². The summed E-state index contributed by atoms with van der Waals surface area (Å²) in [5.74, 6) is 0. The van der Waals surface area contributed by atoms with E-state index in [9.17, 15) is 9.59 Å². The first kappa shape index (κ1) is 28.1. The van der Waals surface area contributed by atoms with Crippen molar-refractivity contribution in [1.82, 2.24) is 18.8 Å². The van der Waals surface area contributed by atoms with Crippen molar-refractivity contribution >= 4 is 133 Å². The molecule has 0 amide bonds. The monoisotopic (exact) mass is 710 g/mol. The lowest BCUT2D eigenvalue weighted by atomic mass is 9.86. The van der Waals surface area contributed by atoms with Crippen LogP contribution in [0.4, 0.5) is 0 Å². The van der Waals surface area contributed by atoms with Gasteiger partial charge in [-0.1, -0.05) is 22.2 Å². The first-order valence-electron chi connectivity index (χ1n) is 15.4. The van der Waals surface area contributed by atoms with Crippen molar-refractivity contribution in [2.75, 3.05) is 0 Å². The standard InChI is InChI=1S/C36H14N4O9S2/c41-35-19-11-25-31-29-15(3-5-17(27(19)29)33-37-21-7-1-13(50-48-46-43)9-23(21)39(33)35)16-4-6-18-28-20(12-26(45-25)32(31)30(16)28)36(42)40-24-10-14(51-49-47-44)2-8-22(24)38-34(18)40/h1-12,43-44H. The molecule has 7 aromatic carbocycles. The van der Waals surface area contributed by atoms with Crippen LogP contribution in [0.15, 0.2) is 96.6 Å². The zero-order valence-corrected chi connectivity index (χ0v) is 26.9. The summed E-state index contributed by atoms with van der Waals surface area (Å²) in [5, 5.41) is 34.4. The molecule has 0 aliphatic rings. The molecule has 12 rings (SSSR count). The van der Waals surface area contributed by atoms with Gasteiger partial charge in [0.05, 0.1) is 56.9 Å². The van der Waals surface area contributed by atoms with Crippen LogP contribution in [0.2, 0.25) is 0 Å². The minimum atomic E-state index is -0.258. The molecule has 0 spiro atoms. The number of imidazole rings is 2. The van der Waals surface area contributed by atoms with E-state index in [0.717, 1.165) is 77.9 Å². The van der Waals surface area contributed by atoms with Gasteiger partial charge in [0.15, 0.2) is 0 Å². The lowest BCUT2D eigenvalue weighted by molar-refractivity contribution is -0.432. The van der Waals surface area contributed by atoms with E-state index in [1.54, 1.807) is 57.3 Å². The van der Waals surface area contributed by atoms with Gasteiger partial charge in [-0.05, 0) is 71.4 Å². The number of nitrogens with zero attached hydrogens (tertiary/aromatic N) is 4. The number of aromatic nitrogens is 4. The molecular formula is C36H14N4O9S2. The molecule has 0 radical (unpaired) electrons. The topological polar surface area (TPSA) is 159 Å². The Kier molecular flexibility index (Phi) is 5.28. The molecule has 0 aliphatic carbocycles. The first-order chi connectivity index (χ1) is 25.0. The van der Waals surface area contributed by atoms with E-state index in [1.807, 2.05) is 12.1 Å². The molecule has 51 heavy (non-hydrogen) atoms. The number of furan rings is 1. The Morgan fingerprint density at radius 1 is 0.529 bits per heavy atom. The summed E-state index contributed by atoms with van der Waals surface area (Å²) in [6.07, 6.45) is 0. The maximum absolute atomic E-state index is 14.4. The summed E-state index contributed by atoms with van der Waals surface area (Å²) >= 11 is 1.60. The summed E-state index contributed by atoms with van der Waals surface area (Å²) in [6, 6.07) is 22.3. The van der Waals surface area contributed by atoms with Gasteiger partial charge >= 0.3 is 0 Å². The zero-order valence-electron chi connectivity index (χ0n) is 25.3. The van der Waals surface area contributed by atoms with Crippen LogP contribution < -0.4 is 11.1 Å². The molecule has 13 nitrogen and oxygen atoms in total. The third kappa shape index (κ3) is 3.34. The predicted molar refractivity (Wildman–Crippen MR) is 192 cm³/mol. The normalized spacial score (nSPS) is 13.1. The van der Waals surface area contributed by atoms with E-state index in [0.29, 0.717) is 65.1 Å². The Morgan fingerprint density at radius 2 is 0.980 bits per heavy atom. The number of benzene rings is 7. The Labute approximate surface area is 288 Å². The van der Waals surface area contributed by atoms with E-state index in [1.165, 1.54) is 0 Å². The van der Waals surface area contributed by atoms with Crippen molar-refractivity contribution in [3.63, 3.8) is 0 Å². The number of hydrogen-bond acceptors (Lipinski definition) is 13. The lowest BCUT2D eigenvalue weighted by Gasteiger charge is -2.16. The highest BCUT2D eigenvalue weighted by molar-refractivity contribution is 7.94. The van der Waals surface area contributed by atoms with Crippen molar-refractivity contribution in [1.29, 1.82) is 0 Å². The van der Waals surface area contributed by atoms with Crippen molar-refractivity contribution in [2.45, 2.75) is 9.79 Å². The third-order valence-electron chi connectivity index (χ3n) is 10.2. The third-order valence-corrected chi connectivity index (χ3v) is 11.3. The molecular weight excluding hydrogens is 697 g/mol. The van der Waals surface area contributed by atoms with Crippen LogP contribution in [0.5, 0.6) is 0 Å². The molecule has 0 unspecified atom stereocenters. The molecule has 12 aromatic rings. The smallest absolute Gasteiger partial charge is 0.264 e. The van der Waals surface area contributed by atoms with E-state index in [4.69, 9.17) is 24.9 Å². The molecule has 5 aromatic heterocycles. The van der Waals surface area contributed by atoms with Crippen LogP contribution in [0.25, 0.3) is 109 Å². The Morgan fingerprint density at radius 3 is 1.43 bits per heavy atom. The van der Waals surface area contributed by atoms with Crippen LogP contribution in [-0.2, 0) is 18.7 Å². The maximum atomic E-state index is 14.4. The summed E-state index contributed by atoms with van der Waals surface area (Å²) in [6.45, 7) is 0. The fourth-order valence-corrected chi connectivity index (χ4v) is 9.14. The average Bonchev–Trinajstić information content (AvgIpc) is 3.85. The second kappa shape index (κ2) is 9.58. The second-order valence-corrected chi connectivity index (χ2v) is 14.0. The molecule has 244 valence electrons. The largest absolute Gasteiger partial charge is 0.456 e. The highest BCUT2D eigenvalue weighted by Gasteiger charge is 2.28. The molecule has 0 saturated carbocycles. The maximum Gasteiger partial charge on any atom is 0.264 e. The summed E-state index contributed by atoms with van der Waals surface area (Å²) in [5.41, 5.74) is 4.00. The Hall–Kier alpha value is -5.62. The number of pyridine rings is 2. The van der Waals surface area contributed by atoms with E-state index < -0.39 is 0 Å². The van der Waals surface area contributed by atoms with Gasteiger partial charge < -0.3 is 4.42 Å². The molecule has 0 fully saturated rings. The van der Waals surface area contributed by atoms with Crippen molar-refractivity contribution in [3.05, 3.63) is 93.5 Å². The van der Waals surface area contributed by atoms with Crippen LogP contribution in [-0.4, -0.2) is 29.3 Å². The van der Waals surface area contributed by atoms with Gasteiger partial charge in [-0.2, -0.15) is 0 Å². The van der Waals surface area contributed by atoms with Gasteiger partial charge in [0.25, 0.3) is 11.1 Å². The quantitative estimate of drug-likeness (QED) is 0.0559. The zero-order chi connectivity index (χ0) is 33.9. The highest BCUT2D eigenvalue weighted by Crippen LogP contribution is 2.50. The fraction of sp³-hybridized carbons (Fsp3) is 0. The van der Waals surface area contributed by atoms with Crippen LogP contribution in [0.1, 0.15) is 0 Å². The molecule has 15 heteroatoms. The molecule has 5 heterocycles. The van der Waals surface area contributed by atoms with Crippen molar-refractivity contribution < 1.29 is 33.7 Å². The van der Waals surface area contributed by atoms with Gasteiger partial charge in [0.2, 0.25) is 0 Å². The van der Waals surface area contributed by atoms with Crippen LogP contribution >= 0.6 is 24.1 Å². The molecule has 2 N–H and O–H groups in total. The van der Waals surface area contributed by atoms with Gasteiger partial charge in [0.1, 0.15) is 22.5 Å². The van der Waals surface area contributed by atoms with Crippen LogP contribution in [0, 0.1) is 0 Å². The van der Waals surface area contributed by atoms with E-state index in [-0.39, 0.29) is 11.1 Å². The fourth-order valence-electron chi connectivity index (χ4n) is 8.35. The summed E-state index contributed by atoms with van der Waals surface area (Å²) < 4.78 is 19.0. The molecule has 0 aliphatic heterocycles. The number of fused-ring (bicyclic) bond motifs is 9.